The summed E-state index contributed by atoms with van der Waals surface area (Å²) in [5, 5.41) is 6.63. The molecular weight excluding hydrogens is 429 g/mol. The van der Waals surface area contributed by atoms with Crippen LogP contribution in [-0.2, 0) is 0 Å². The lowest BCUT2D eigenvalue weighted by Crippen LogP contribution is -2.39. The second-order valence-corrected chi connectivity index (χ2v) is 5.46. The number of guanidine groups is 1. The van der Waals surface area contributed by atoms with Crippen molar-refractivity contribution in [2.45, 2.75) is 25.3 Å². The van der Waals surface area contributed by atoms with Gasteiger partial charge in [0.15, 0.2) is 5.96 Å². The van der Waals surface area contributed by atoms with Gasteiger partial charge < -0.3 is 10.6 Å². The Morgan fingerprint density at radius 3 is 2.75 bits per heavy atom. The molecule has 1 aliphatic carbocycles. The fourth-order valence-electron chi connectivity index (χ4n) is 2.05. The second-order valence-electron chi connectivity index (χ2n) is 4.54. The number of benzene rings is 1. The average Bonchev–Trinajstić information content (AvgIpc) is 3.16. The predicted molar refractivity (Wildman–Crippen MR) is 98.7 cm³/mol. The monoisotopic (exact) mass is 447 g/mol. The van der Waals surface area contributed by atoms with Crippen molar-refractivity contribution in [1.82, 2.24) is 10.6 Å². The highest BCUT2D eigenvalue weighted by atomic mass is 127. The minimum atomic E-state index is 0. The van der Waals surface area contributed by atoms with E-state index in [2.05, 4.69) is 61.7 Å². The lowest BCUT2D eigenvalue weighted by atomic mass is 10.1. The second kappa shape index (κ2) is 8.53. The molecule has 20 heavy (non-hydrogen) atoms. The predicted octanol–water partition coefficient (Wildman–Crippen LogP) is 3.11. The molecule has 108 valence electrons. The van der Waals surface area contributed by atoms with E-state index < -0.39 is 0 Å². The van der Waals surface area contributed by atoms with Gasteiger partial charge in [-0.3, -0.25) is 0 Å². The van der Waals surface area contributed by atoms with Crippen LogP contribution in [0.15, 0.2) is 33.7 Å². The van der Waals surface area contributed by atoms with E-state index in [9.17, 15) is 0 Å². The number of nitrogens with zero attached hydrogens (tertiary/aromatic N) is 1. The highest BCUT2D eigenvalue weighted by molar-refractivity contribution is 14.0. The van der Waals surface area contributed by atoms with E-state index in [-0.39, 0.29) is 24.0 Å². The first-order valence-corrected chi connectivity index (χ1v) is 7.27. The molecule has 1 saturated carbocycles. The average molecular weight is 448 g/mol. The Labute approximate surface area is 146 Å². The smallest absolute Gasteiger partial charge is 0.192 e. The molecule has 1 aliphatic rings. The van der Waals surface area contributed by atoms with Crippen LogP contribution in [-0.4, -0.2) is 25.1 Å². The molecule has 3 nitrogen and oxygen atoms in total. The first-order valence-electron chi connectivity index (χ1n) is 6.48. The summed E-state index contributed by atoms with van der Waals surface area (Å²) in [6, 6.07) is 8.96. The molecule has 1 aromatic carbocycles. The zero-order valence-electron chi connectivity index (χ0n) is 11.4. The van der Waals surface area contributed by atoms with Gasteiger partial charge in [0.2, 0.25) is 0 Å². The third-order valence-corrected chi connectivity index (χ3v) is 3.61. The van der Waals surface area contributed by atoms with Gasteiger partial charge in [-0.25, -0.2) is 4.99 Å². The van der Waals surface area contributed by atoms with Crippen molar-refractivity contribution in [1.29, 1.82) is 0 Å². The van der Waals surface area contributed by atoms with Gasteiger partial charge in [-0.15, -0.1) is 30.4 Å². The van der Waals surface area contributed by atoms with Gasteiger partial charge in [-0.05, 0) is 31.0 Å². The maximum atomic E-state index is 5.23. The van der Waals surface area contributed by atoms with Gasteiger partial charge in [0, 0.05) is 23.0 Å². The summed E-state index contributed by atoms with van der Waals surface area (Å²) in [5.74, 6) is 3.91. The van der Waals surface area contributed by atoms with Gasteiger partial charge in [-0.1, -0.05) is 34.0 Å². The number of hydrogen-bond acceptors (Lipinski definition) is 1. The first-order chi connectivity index (χ1) is 9.24. The standard InChI is InChI=1S/C15H18BrN3.HI/c1-3-9-18-15(17-4-2)19-14-10-13(14)11-5-7-12(16)8-6-11;/h1,5-8,13-14H,4,9-10H2,2H3,(H2,17,18,19);1H. The van der Waals surface area contributed by atoms with Crippen molar-refractivity contribution in [2.24, 2.45) is 4.99 Å². The normalized spacial score (nSPS) is 20.6. The summed E-state index contributed by atoms with van der Waals surface area (Å²) in [7, 11) is 0. The maximum absolute atomic E-state index is 5.23. The molecule has 1 aromatic rings. The van der Waals surface area contributed by atoms with Crippen LogP contribution >= 0.6 is 39.9 Å². The Morgan fingerprint density at radius 1 is 1.45 bits per heavy atom. The van der Waals surface area contributed by atoms with Gasteiger partial charge in [-0.2, -0.15) is 0 Å². The Hall–Kier alpha value is -0.740. The molecule has 0 saturated heterocycles. The van der Waals surface area contributed by atoms with Crippen molar-refractivity contribution < 1.29 is 0 Å². The SMILES string of the molecule is C#CCN=C(NCC)NC1CC1c1ccc(Br)cc1.I. The molecule has 0 aliphatic heterocycles. The Bertz CT molecular complexity index is 493. The van der Waals surface area contributed by atoms with Crippen molar-refractivity contribution >= 4 is 45.9 Å². The number of rotatable bonds is 4. The number of halogens is 2. The Balaban J connectivity index is 0.00000200. The highest BCUT2D eigenvalue weighted by Gasteiger charge is 2.38. The third kappa shape index (κ3) is 4.98. The minimum absolute atomic E-state index is 0. The summed E-state index contributed by atoms with van der Waals surface area (Å²) >= 11 is 3.46. The molecule has 0 bridgehead atoms. The summed E-state index contributed by atoms with van der Waals surface area (Å²) in [5.41, 5.74) is 1.37. The first kappa shape index (κ1) is 17.3. The molecule has 2 N–H and O–H groups in total. The van der Waals surface area contributed by atoms with Crippen molar-refractivity contribution in [3.05, 3.63) is 34.3 Å². The lowest BCUT2D eigenvalue weighted by molar-refractivity contribution is 0.803. The number of nitrogens with one attached hydrogen (secondary N) is 2. The topological polar surface area (TPSA) is 36.4 Å². The zero-order valence-corrected chi connectivity index (χ0v) is 15.3. The van der Waals surface area contributed by atoms with Gasteiger partial charge in [0.25, 0.3) is 0 Å². The molecule has 2 rings (SSSR count). The van der Waals surface area contributed by atoms with Crippen LogP contribution in [0.1, 0.15) is 24.8 Å². The molecule has 2 atom stereocenters. The van der Waals surface area contributed by atoms with E-state index in [1.165, 1.54) is 5.56 Å². The third-order valence-electron chi connectivity index (χ3n) is 3.08. The molecule has 5 heteroatoms. The van der Waals surface area contributed by atoms with E-state index in [4.69, 9.17) is 6.42 Å². The van der Waals surface area contributed by atoms with E-state index in [1.54, 1.807) is 0 Å². The van der Waals surface area contributed by atoms with Crippen LogP contribution in [0.2, 0.25) is 0 Å². The fourth-order valence-corrected chi connectivity index (χ4v) is 2.32. The summed E-state index contributed by atoms with van der Waals surface area (Å²) in [6.07, 6.45) is 6.38. The van der Waals surface area contributed by atoms with Gasteiger partial charge in [0.1, 0.15) is 6.54 Å². The number of aliphatic imine (C=N–C) groups is 1. The van der Waals surface area contributed by atoms with E-state index in [1.807, 2.05) is 6.92 Å². The quantitative estimate of drug-likeness (QED) is 0.322. The molecule has 2 unspecified atom stereocenters. The van der Waals surface area contributed by atoms with Gasteiger partial charge >= 0.3 is 0 Å². The highest BCUT2D eigenvalue weighted by Crippen LogP contribution is 2.40. The largest absolute Gasteiger partial charge is 0.357 e. The Morgan fingerprint density at radius 2 is 2.15 bits per heavy atom. The van der Waals surface area contributed by atoms with Crippen LogP contribution in [0.5, 0.6) is 0 Å². The van der Waals surface area contributed by atoms with E-state index in [0.29, 0.717) is 18.5 Å². The summed E-state index contributed by atoms with van der Waals surface area (Å²) in [4.78, 5) is 4.31. The molecule has 1 fully saturated rings. The number of terminal acetylenes is 1. The molecule has 0 amide bonds. The van der Waals surface area contributed by atoms with Gasteiger partial charge in [0.05, 0.1) is 0 Å². The summed E-state index contributed by atoms with van der Waals surface area (Å²) in [6.45, 7) is 3.29. The lowest BCUT2D eigenvalue weighted by Gasteiger charge is -2.10. The van der Waals surface area contributed by atoms with Crippen LogP contribution in [0.25, 0.3) is 0 Å². The molecule has 0 aromatic heterocycles. The van der Waals surface area contributed by atoms with Crippen LogP contribution < -0.4 is 10.6 Å². The molecule has 0 spiro atoms. The van der Waals surface area contributed by atoms with Crippen LogP contribution in [0.3, 0.4) is 0 Å². The molecular formula is C15H19BrIN3. The fraction of sp³-hybridized carbons (Fsp3) is 0.400. The van der Waals surface area contributed by atoms with Crippen LogP contribution in [0, 0.1) is 12.3 Å². The van der Waals surface area contributed by atoms with E-state index >= 15 is 0 Å². The Kier molecular flexibility index (Phi) is 7.38. The van der Waals surface area contributed by atoms with Crippen molar-refractivity contribution in [3.8, 4) is 12.3 Å². The van der Waals surface area contributed by atoms with Crippen molar-refractivity contribution in [3.63, 3.8) is 0 Å². The molecule has 0 radical (unpaired) electrons. The molecule has 0 heterocycles. The van der Waals surface area contributed by atoms with Crippen molar-refractivity contribution in [2.75, 3.05) is 13.1 Å². The zero-order chi connectivity index (χ0) is 13.7. The minimum Gasteiger partial charge on any atom is -0.357 e. The maximum Gasteiger partial charge on any atom is 0.192 e. The van der Waals surface area contributed by atoms with E-state index in [0.717, 1.165) is 23.4 Å². The summed E-state index contributed by atoms with van der Waals surface area (Å²) < 4.78 is 1.12. The number of hydrogen-bond donors (Lipinski definition) is 2. The van der Waals surface area contributed by atoms with Crippen LogP contribution in [0.4, 0.5) is 0 Å².